The molecule has 2 rings (SSSR count). The van der Waals surface area contributed by atoms with Gasteiger partial charge in [0.05, 0.1) is 0 Å². The van der Waals surface area contributed by atoms with Crippen LogP contribution in [0.3, 0.4) is 0 Å². The van der Waals surface area contributed by atoms with Gasteiger partial charge in [0.25, 0.3) is 0 Å². The van der Waals surface area contributed by atoms with Crippen molar-refractivity contribution in [3.63, 3.8) is 0 Å². The van der Waals surface area contributed by atoms with E-state index in [0.717, 1.165) is 0 Å². The molecule has 1 heterocycles. The summed E-state index contributed by atoms with van der Waals surface area (Å²) in [5.41, 5.74) is 6.27. The Balaban J connectivity index is 1.95. The average molecular weight is 383 g/mol. The van der Waals surface area contributed by atoms with E-state index >= 15 is 0 Å². The van der Waals surface area contributed by atoms with Gasteiger partial charge in [-0.1, -0.05) is 36.9 Å². The molecule has 8 heteroatoms. The number of rotatable bonds is 6. The summed E-state index contributed by atoms with van der Waals surface area (Å²) in [6.07, 6.45) is 2.90. The van der Waals surface area contributed by atoms with Crippen molar-refractivity contribution in [1.82, 2.24) is 10.2 Å². The highest BCUT2D eigenvalue weighted by molar-refractivity contribution is 8.00. The van der Waals surface area contributed by atoms with Crippen molar-refractivity contribution in [2.45, 2.75) is 36.3 Å². The quantitative estimate of drug-likeness (QED) is 0.578. The molecule has 5 nitrogen and oxygen atoms in total. The summed E-state index contributed by atoms with van der Waals surface area (Å²) in [5, 5.41) is -0.320. The average Bonchev–Trinajstić information content (AvgIpc) is 2.66. The second-order valence-electron chi connectivity index (χ2n) is 6.06. The van der Waals surface area contributed by atoms with Crippen LogP contribution < -0.4 is 11.1 Å². The molecule has 0 unspecified atom stereocenters. The molecule has 1 fully saturated rings. The van der Waals surface area contributed by atoms with Gasteiger partial charge in [-0.05, 0) is 25.3 Å². The number of urea groups is 1. The van der Waals surface area contributed by atoms with Gasteiger partial charge in [-0.3, -0.25) is 4.79 Å². The zero-order chi connectivity index (χ0) is 19.2. The summed E-state index contributed by atoms with van der Waals surface area (Å²) in [7, 11) is 0. The van der Waals surface area contributed by atoms with Gasteiger partial charge in [0.1, 0.15) is 0 Å². The van der Waals surface area contributed by atoms with Crippen LogP contribution in [0.1, 0.15) is 36.5 Å². The van der Waals surface area contributed by atoms with Crippen LogP contribution in [-0.4, -0.2) is 35.6 Å². The molecule has 26 heavy (non-hydrogen) atoms. The molecule has 2 amide bonds. The van der Waals surface area contributed by atoms with E-state index in [0.29, 0.717) is 30.2 Å². The Kier molecular flexibility index (Phi) is 7.02. The Morgan fingerprint density at radius 3 is 2.62 bits per heavy atom. The lowest BCUT2D eigenvalue weighted by molar-refractivity contribution is 0.00931. The molecule has 1 aliphatic rings. The third kappa shape index (κ3) is 4.97. The van der Waals surface area contributed by atoms with Gasteiger partial charge in [0, 0.05) is 41.4 Å². The number of benzene rings is 1. The van der Waals surface area contributed by atoms with E-state index in [1.54, 1.807) is 12.1 Å². The summed E-state index contributed by atoms with van der Waals surface area (Å²) >= 11 is 0.422. The van der Waals surface area contributed by atoms with Crippen LogP contribution in [0.25, 0.3) is 0 Å². The highest BCUT2D eigenvalue weighted by Crippen LogP contribution is 2.46. The number of amides is 2. The lowest BCUT2D eigenvalue weighted by Gasteiger charge is -2.35. The topological polar surface area (TPSA) is 75.4 Å². The molecule has 0 aliphatic carbocycles. The third-order valence-corrected chi connectivity index (χ3v) is 5.60. The molecule has 3 N–H and O–H groups in total. The SMILES string of the molecule is CC/C(=C\N)NC(=O)N1CCC(C(F)(F)Sc2ccccc2C=O)CC1. The maximum Gasteiger partial charge on any atom is 0.321 e. The Hall–Kier alpha value is -2.09. The Morgan fingerprint density at radius 2 is 2.04 bits per heavy atom. The van der Waals surface area contributed by atoms with Gasteiger partial charge in [0.2, 0.25) is 0 Å². The fourth-order valence-electron chi connectivity index (χ4n) is 2.78. The number of hydrogen-bond donors (Lipinski definition) is 2. The van der Waals surface area contributed by atoms with Gasteiger partial charge in [-0.2, -0.15) is 8.78 Å². The van der Waals surface area contributed by atoms with Crippen LogP contribution in [-0.2, 0) is 0 Å². The Bertz CT molecular complexity index is 674. The number of allylic oxidation sites excluding steroid dienone is 1. The zero-order valence-electron chi connectivity index (χ0n) is 14.6. The molecule has 0 spiro atoms. The van der Waals surface area contributed by atoms with E-state index < -0.39 is 11.2 Å². The lowest BCUT2D eigenvalue weighted by Crippen LogP contribution is -2.46. The van der Waals surface area contributed by atoms with Crippen molar-refractivity contribution in [1.29, 1.82) is 0 Å². The van der Waals surface area contributed by atoms with Gasteiger partial charge < -0.3 is 16.0 Å². The predicted octanol–water partition coefficient (Wildman–Crippen LogP) is 3.82. The number of nitrogens with zero attached hydrogens (tertiary/aromatic N) is 1. The number of thioether (sulfide) groups is 1. The molecule has 1 aromatic rings. The minimum absolute atomic E-state index is 0.199. The monoisotopic (exact) mass is 383 g/mol. The second-order valence-corrected chi connectivity index (χ2v) is 7.24. The highest BCUT2D eigenvalue weighted by Gasteiger charge is 2.43. The molecular formula is C18H23F2N3O2S. The Labute approximate surface area is 156 Å². The maximum absolute atomic E-state index is 14.7. The number of nitrogens with two attached hydrogens (primary N) is 1. The van der Waals surface area contributed by atoms with Crippen molar-refractivity contribution in [3.05, 3.63) is 41.7 Å². The normalized spacial score (nSPS) is 16.4. The van der Waals surface area contributed by atoms with E-state index in [1.807, 2.05) is 6.92 Å². The smallest absolute Gasteiger partial charge is 0.321 e. The molecule has 0 saturated carbocycles. The van der Waals surface area contributed by atoms with Crippen LogP contribution in [0.15, 0.2) is 41.1 Å². The number of hydrogen-bond acceptors (Lipinski definition) is 4. The minimum atomic E-state index is -3.01. The van der Waals surface area contributed by atoms with E-state index in [-0.39, 0.29) is 42.4 Å². The van der Waals surface area contributed by atoms with Gasteiger partial charge in [-0.15, -0.1) is 0 Å². The number of piperidine rings is 1. The molecule has 1 saturated heterocycles. The standard InChI is InChI=1S/C18H23F2N3O2S/c1-2-15(11-21)22-17(25)23-9-7-14(8-10-23)18(19,20)26-16-6-4-3-5-13(16)12-24/h3-6,11-12,14H,2,7-10,21H2,1H3,(H,22,25)/b15-11+. The first-order valence-electron chi connectivity index (χ1n) is 8.49. The van der Waals surface area contributed by atoms with Crippen LogP contribution in [0.5, 0.6) is 0 Å². The van der Waals surface area contributed by atoms with E-state index in [2.05, 4.69) is 5.32 Å². The molecule has 0 atom stereocenters. The zero-order valence-corrected chi connectivity index (χ0v) is 15.4. The number of likely N-dealkylation sites (tertiary alicyclic amines) is 1. The molecule has 0 radical (unpaired) electrons. The van der Waals surface area contributed by atoms with Gasteiger partial charge >= 0.3 is 11.3 Å². The first-order chi connectivity index (χ1) is 12.4. The summed E-state index contributed by atoms with van der Waals surface area (Å²) in [4.78, 5) is 25.0. The van der Waals surface area contributed by atoms with E-state index in [1.165, 1.54) is 23.2 Å². The minimum Gasteiger partial charge on any atom is -0.403 e. The van der Waals surface area contributed by atoms with Crippen molar-refractivity contribution >= 4 is 24.1 Å². The van der Waals surface area contributed by atoms with Crippen LogP contribution in [0.2, 0.25) is 0 Å². The van der Waals surface area contributed by atoms with Crippen molar-refractivity contribution < 1.29 is 18.4 Å². The maximum atomic E-state index is 14.7. The summed E-state index contributed by atoms with van der Waals surface area (Å²) in [5.74, 6) is -0.855. The van der Waals surface area contributed by atoms with Gasteiger partial charge in [-0.25, -0.2) is 4.79 Å². The van der Waals surface area contributed by atoms with E-state index in [4.69, 9.17) is 5.73 Å². The van der Waals surface area contributed by atoms with Crippen LogP contribution in [0, 0.1) is 5.92 Å². The molecule has 1 aliphatic heterocycles. The first-order valence-corrected chi connectivity index (χ1v) is 9.30. The van der Waals surface area contributed by atoms with Crippen molar-refractivity contribution in [2.75, 3.05) is 13.1 Å². The molecule has 0 aromatic heterocycles. The van der Waals surface area contributed by atoms with Crippen molar-refractivity contribution in [3.8, 4) is 0 Å². The van der Waals surface area contributed by atoms with E-state index in [9.17, 15) is 18.4 Å². The Morgan fingerprint density at radius 1 is 1.38 bits per heavy atom. The number of carbonyl (C=O) groups is 2. The molecule has 142 valence electrons. The van der Waals surface area contributed by atoms with Crippen LogP contribution >= 0.6 is 11.8 Å². The number of alkyl halides is 2. The first kappa shape index (κ1) is 20.2. The summed E-state index contributed by atoms with van der Waals surface area (Å²) in [6, 6.07) is 6.01. The summed E-state index contributed by atoms with van der Waals surface area (Å²) in [6.45, 7) is 2.37. The number of halogens is 2. The van der Waals surface area contributed by atoms with Crippen LogP contribution in [0.4, 0.5) is 13.6 Å². The lowest BCUT2D eigenvalue weighted by atomic mass is 9.97. The number of aldehydes is 1. The number of nitrogens with one attached hydrogen (secondary N) is 1. The fourth-order valence-corrected chi connectivity index (χ4v) is 3.86. The fraction of sp³-hybridized carbons (Fsp3) is 0.444. The number of carbonyl (C=O) groups excluding carboxylic acids is 2. The van der Waals surface area contributed by atoms with Gasteiger partial charge in [0.15, 0.2) is 6.29 Å². The second kappa shape index (κ2) is 9.02. The largest absolute Gasteiger partial charge is 0.403 e. The van der Waals surface area contributed by atoms with Crippen molar-refractivity contribution in [2.24, 2.45) is 11.7 Å². The molecule has 0 bridgehead atoms. The molecular weight excluding hydrogens is 360 g/mol. The third-order valence-electron chi connectivity index (χ3n) is 4.40. The summed E-state index contributed by atoms with van der Waals surface area (Å²) < 4.78 is 29.3. The molecule has 1 aromatic carbocycles. The highest BCUT2D eigenvalue weighted by atomic mass is 32.2. The predicted molar refractivity (Wildman–Crippen MR) is 98.0 cm³/mol.